The highest BCUT2D eigenvalue weighted by molar-refractivity contribution is 6.30. The van der Waals surface area contributed by atoms with Gasteiger partial charge in [0.2, 0.25) is 5.95 Å². The number of nitrogens with zero attached hydrogens (tertiary/aromatic N) is 4. The van der Waals surface area contributed by atoms with E-state index in [0.717, 1.165) is 18.2 Å². The van der Waals surface area contributed by atoms with Gasteiger partial charge < -0.3 is 15.4 Å². The zero-order valence-electron chi connectivity index (χ0n) is 19.0. The number of aryl methyl sites for hydroxylation is 1. The van der Waals surface area contributed by atoms with Crippen molar-refractivity contribution in [2.24, 2.45) is 7.05 Å². The zero-order chi connectivity index (χ0) is 24.4. The number of benzene rings is 2. The molecule has 180 valence electrons. The summed E-state index contributed by atoms with van der Waals surface area (Å²) >= 11 is 5.87. The lowest BCUT2D eigenvalue weighted by Crippen LogP contribution is -2.30. The van der Waals surface area contributed by atoms with Crippen LogP contribution < -0.4 is 10.6 Å². The van der Waals surface area contributed by atoms with Crippen molar-refractivity contribution < 1.29 is 13.9 Å². The number of fused-ring (bicyclic) bond motifs is 1. The van der Waals surface area contributed by atoms with Gasteiger partial charge >= 0.3 is 0 Å². The Kier molecular flexibility index (Phi) is 6.61. The molecule has 35 heavy (non-hydrogen) atoms. The van der Waals surface area contributed by atoms with Crippen LogP contribution >= 0.6 is 11.6 Å². The molecule has 1 aliphatic heterocycles. The van der Waals surface area contributed by atoms with Crippen molar-refractivity contribution in [3.63, 3.8) is 0 Å². The van der Waals surface area contributed by atoms with E-state index >= 15 is 0 Å². The molecule has 10 heteroatoms. The van der Waals surface area contributed by atoms with Crippen LogP contribution in [0, 0.1) is 5.82 Å². The highest BCUT2D eigenvalue weighted by Gasteiger charge is 2.22. The van der Waals surface area contributed by atoms with Crippen LogP contribution in [0.3, 0.4) is 0 Å². The number of carbonyl (C=O) groups excluding carboxylic acids is 1. The number of halogens is 2. The minimum Gasteiger partial charge on any atom is -0.381 e. The molecule has 1 saturated heterocycles. The predicted octanol–water partition coefficient (Wildman–Crippen LogP) is 4.27. The molecule has 2 aromatic heterocycles. The Balaban J connectivity index is 1.42. The first-order valence-electron chi connectivity index (χ1n) is 11.3. The van der Waals surface area contributed by atoms with Gasteiger partial charge in [-0.2, -0.15) is 5.10 Å². The molecule has 2 aromatic carbocycles. The molecule has 1 unspecified atom stereocenters. The number of carbonyl (C=O) groups is 1. The van der Waals surface area contributed by atoms with Crippen molar-refractivity contribution in [1.82, 2.24) is 25.1 Å². The van der Waals surface area contributed by atoms with Crippen LogP contribution in [0.15, 0.2) is 54.9 Å². The smallest absolute Gasteiger partial charge is 0.252 e. The van der Waals surface area contributed by atoms with Crippen molar-refractivity contribution in [1.29, 1.82) is 0 Å². The van der Waals surface area contributed by atoms with Gasteiger partial charge in [0.05, 0.1) is 22.3 Å². The van der Waals surface area contributed by atoms with Crippen LogP contribution in [-0.4, -0.2) is 44.9 Å². The second kappa shape index (κ2) is 9.97. The summed E-state index contributed by atoms with van der Waals surface area (Å²) in [6.07, 6.45) is 5.15. The van der Waals surface area contributed by atoms with E-state index in [1.54, 1.807) is 48.4 Å². The number of anilines is 1. The molecule has 1 aliphatic rings. The standard InChI is InChI=1S/C25H24ClFN6O2/c1-33-22(6-9-29-33)23(15-4-5-19(26)20(27)12-15)32-24(34)16-2-3-17-14-28-25(31-21(17)13-16)30-18-7-10-35-11-8-18/h2-6,9,12-14,18,23H,7-8,10-11H2,1H3,(H,32,34)(H,28,30,31). The molecule has 0 aliphatic carbocycles. The fourth-order valence-electron chi connectivity index (χ4n) is 4.16. The Morgan fingerprint density at radius 1 is 1.20 bits per heavy atom. The molecule has 4 aromatic rings. The highest BCUT2D eigenvalue weighted by Crippen LogP contribution is 2.26. The Labute approximate surface area is 206 Å². The number of aromatic nitrogens is 4. The van der Waals surface area contributed by atoms with Gasteiger partial charge in [-0.25, -0.2) is 14.4 Å². The summed E-state index contributed by atoms with van der Waals surface area (Å²) in [5, 5.41) is 11.4. The van der Waals surface area contributed by atoms with E-state index in [0.29, 0.717) is 41.5 Å². The van der Waals surface area contributed by atoms with Gasteiger partial charge in [0, 0.05) is 49.6 Å². The van der Waals surface area contributed by atoms with E-state index in [4.69, 9.17) is 16.3 Å². The molecule has 0 radical (unpaired) electrons. The lowest BCUT2D eigenvalue weighted by Gasteiger charge is -2.23. The van der Waals surface area contributed by atoms with E-state index in [1.165, 1.54) is 12.1 Å². The second-order valence-corrected chi connectivity index (χ2v) is 8.87. The number of hydrogen-bond acceptors (Lipinski definition) is 6. The fraction of sp³-hybridized carbons (Fsp3) is 0.280. The Morgan fingerprint density at radius 2 is 2.03 bits per heavy atom. The summed E-state index contributed by atoms with van der Waals surface area (Å²) in [6.45, 7) is 1.43. The number of amides is 1. The molecule has 5 rings (SSSR count). The Bertz CT molecular complexity index is 1370. The minimum absolute atomic E-state index is 0.0169. The number of rotatable bonds is 6. The van der Waals surface area contributed by atoms with Crippen LogP contribution in [0.25, 0.3) is 10.9 Å². The predicted molar refractivity (Wildman–Crippen MR) is 131 cm³/mol. The van der Waals surface area contributed by atoms with Gasteiger partial charge in [0.25, 0.3) is 5.91 Å². The SMILES string of the molecule is Cn1nccc1C(NC(=O)c1ccc2cnc(NC3CCOCC3)nc2c1)c1ccc(Cl)c(F)c1. The molecular formula is C25H24ClFN6O2. The molecule has 0 bridgehead atoms. The van der Waals surface area contributed by atoms with E-state index in [-0.39, 0.29) is 17.0 Å². The van der Waals surface area contributed by atoms with Crippen molar-refractivity contribution >= 4 is 34.4 Å². The topological polar surface area (TPSA) is 94.0 Å². The van der Waals surface area contributed by atoms with Crippen LogP contribution in [0.5, 0.6) is 0 Å². The van der Waals surface area contributed by atoms with Gasteiger partial charge in [0.15, 0.2) is 0 Å². The highest BCUT2D eigenvalue weighted by atomic mass is 35.5. The first kappa shape index (κ1) is 23.2. The summed E-state index contributed by atoms with van der Waals surface area (Å²) in [5.41, 5.74) is 2.33. The number of ether oxygens (including phenoxy) is 1. The van der Waals surface area contributed by atoms with Gasteiger partial charge in [-0.3, -0.25) is 9.48 Å². The summed E-state index contributed by atoms with van der Waals surface area (Å²) in [6, 6.07) is 11.1. The molecule has 3 heterocycles. The van der Waals surface area contributed by atoms with E-state index < -0.39 is 11.9 Å². The Hall–Kier alpha value is -3.56. The van der Waals surface area contributed by atoms with E-state index in [1.807, 2.05) is 6.07 Å². The van der Waals surface area contributed by atoms with Crippen molar-refractivity contribution in [2.75, 3.05) is 18.5 Å². The number of hydrogen-bond donors (Lipinski definition) is 2. The van der Waals surface area contributed by atoms with Crippen molar-refractivity contribution in [2.45, 2.75) is 24.9 Å². The maximum Gasteiger partial charge on any atom is 0.252 e. The second-order valence-electron chi connectivity index (χ2n) is 8.46. The average molecular weight is 495 g/mol. The maximum absolute atomic E-state index is 14.2. The third-order valence-corrected chi connectivity index (χ3v) is 6.41. The summed E-state index contributed by atoms with van der Waals surface area (Å²) in [7, 11) is 1.76. The largest absolute Gasteiger partial charge is 0.381 e. The maximum atomic E-state index is 14.2. The molecule has 1 atom stereocenters. The third kappa shape index (κ3) is 5.11. The quantitative estimate of drug-likeness (QED) is 0.416. The van der Waals surface area contributed by atoms with Crippen molar-refractivity contribution in [3.8, 4) is 0 Å². The monoisotopic (exact) mass is 494 g/mol. The molecule has 8 nitrogen and oxygen atoms in total. The normalized spacial score (nSPS) is 15.2. The van der Waals surface area contributed by atoms with Gasteiger partial charge in [-0.15, -0.1) is 0 Å². The van der Waals surface area contributed by atoms with Crippen LogP contribution in [0.2, 0.25) is 5.02 Å². The van der Waals surface area contributed by atoms with Crippen LogP contribution in [0.1, 0.15) is 40.5 Å². The van der Waals surface area contributed by atoms with Crippen molar-refractivity contribution in [3.05, 3.63) is 82.5 Å². The summed E-state index contributed by atoms with van der Waals surface area (Å²) in [4.78, 5) is 22.3. The molecule has 0 saturated carbocycles. The zero-order valence-corrected chi connectivity index (χ0v) is 19.8. The molecule has 1 fully saturated rings. The summed E-state index contributed by atoms with van der Waals surface area (Å²) < 4.78 is 21.3. The summed E-state index contributed by atoms with van der Waals surface area (Å²) in [5.74, 6) is -0.366. The lowest BCUT2D eigenvalue weighted by molar-refractivity contribution is 0.0903. The third-order valence-electron chi connectivity index (χ3n) is 6.11. The van der Waals surface area contributed by atoms with E-state index in [9.17, 15) is 9.18 Å². The minimum atomic E-state index is -0.631. The average Bonchev–Trinajstić information content (AvgIpc) is 3.29. The fourth-order valence-corrected chi connectivity index (χ4v) is 4.28. The van der Waals surface area contributed by atoms with Gasteiger partial charge in [-0.05, 0) is 48.7 Å². The van der Waals surface area contributed by atoms with Crippen LogP contribution in [-0.2, 0) is 11.8 Å². The molecule has 0 spiro atoms. The lowest BCUT2D eigenvalue weighted by atomic mass is 10.0. The van der Waals surface area contributed by atoms with Gasteiger partial charge in [0.1, 0.15) is 5.82 Å². The first-order valence-corrected chi connectivity index (χ1v) is 11.7. The van der Waals surface area contributed by atoms with Gasteiger partial charge in [-0.1, -0.05) is 23.7 Å². The number of nitrogens with one attached hydrogen (secondary N) is 2. The molecule has 1 amide bonds. The Morgan fingerprint density at radius 3 is 2.77 bits per heavy atom. The van der Waals surface area contributed by atoms with E-state index in [2.05, 4.69) is 25.7 Å². The molecule has 2 N–H and O–H groups in total. The van der Waals surface area contributed by atoms with Crippen LogP contribution in [0.4, 0.5) is 10.3 Å². The first-order chi connectivity index (χ1) is 17.0. The molecular weight excluding hydrogens is 471 g/mol.